The van der Waals surface area contributed by atoms with Gasteiger partial charge in [-0.3, -0.25) is 9.59 Å². The minimum atomic E-state index is -0.523. The third-order valence-electron chi connectivity index (χ3n) is 3.09. The van der Waals surface area contributed by atoms with E-state index in [4.69, 9.17) is 16.0 Å². The van der Waals surface area contributed by atoms with Crippen molar-refractivity contribution in [2.45, 2.75) is 0 Å². The number of ketones is 1. The molecule has 0 saturated heterocycles. The molecule has 0 aliphatic rings. The smallest absolute Gasteiger partial charge is 0.203 e. The normalized spacial score (nSPS) is 10.8. The molecule has 21 heavy (non-hydrogen) atoms. The summed E-state index contributed by atoms with van der Waals surface area (Å²) in [6.07, 6.45) is 1.12. The van der Waals surface area contributed by atoms with Crippen LogP contribution in [0.3, 0.4) is 0 Å². The molecule has 3 rings (SSSR count). The first kappa shape index (κ1) is 13.5. The van der Waals surface area contributed by atoms with Crippen molar-refractivity contribution in [3.05, 3.63) is 80.9 Å². The Kier molecular flexibility index (Phi) is 3.31. The highest BCUT2D eigenvalue weighted by atomic mass is 35.5. The molecule has 0 bridgehead atoms. The molecule has 5 heteroatoms. The molecule has 0 aliphatic carbocycles. The van der Waals surface area contributed by atoms with Gasteiger partial charge in [-0.15, -0.1) is 0 Å². The van der Waals surface area contributed by atoms with Gasteiger partial charge in [0.1, 0.15) is 23.2 Å². The van der Waals surface area contributed by atoms with Crippen LogP contribution in [0.25, 0.3) is 11.0 Å². The number of carbonyl (C=O) groups excluding carboxylic acids is 1. The van der Waals surface area contributed by atoms with Gasteiger partial charge < -0.3 is 4.42 Å². The summed E-state index contributed by atoms with van der Waals surface area (Å²) in [5, 5.41) is 0.608. The molecule has 3 nitrogen and oxygen atoms in total. The fraction of sp³-hybridized carbons (Fsp3) is 0. The Bertz CT molecular complexity index is 898. The van der Waals surface area contributed by atoms with Crippen LogP contribution in [0.5, 0.6) is 0 Å². The number of carbonyl (C=O) groups is 1. The van der Waals surface area contributed by atoms with Crippen molar-refractivity contribution in [1.29, 1.82) is 0 Å². The molecule has 0 spiro atoms. The molecule has 1 aromatic heterocycles. The molecule has 3 aromatic rings. The van der Waals surface area contributed by atoms with Gasteiger partial charge in [0.25, 0.3) is 0 Å². The summed E-state index contributed by atoms with van der Waals surface area (Å²) in [7, 11) is 0. The van der Waals surface area contributed by atoms with Gasteiger partial charge in [-0.25, -0.2) is 4.39 Å². The molecule has 104 valence electrons. The summed E-state index contributed by atoms with van der Waals surface area (Å²) in [4.78, 5) is 24.6. The van der Waals surface area contributed by atoms with Gasteiger partial charge in [0.2, 0.25) is 5.43 Å². The highest BCUT2D eigenvalue weighted by Crippen LogP contribution is 2.18. The lowest BCUT2D eigenvalue weighted by Gasteiger charge is -2.02. The van der Waals surface area contributed by atoms with Crippen molar-refractivity contribution < 1.29 is 13.6 Å². The zero-order valence-corrected chi connectivity index (χ0v) is 11.4. The molecule has 0 fully saturated rings. The summed E-state index contributed by atoms with van der Waals surface area (Å²) < 4.78 is 18.2. The largest absolute Gasteiger partial charge is 0.463 e. The maximum Gasteiger partial charge on any atom is 0.203 e. The number of hydrogen-bond donors (Lipinski definition) is 0. The monoisotopic (exact) mass is 302 g/mol. The SMILES string of the molecule is O=C(c1ccc(F)cc1)c1coc2ccc(Cl)cc2c1=O. The summed E-state index contributed by atoms with van der Waals surface area (Å²) in [6, 6.07) is 9.56. The second kappa shape index (κ2) is 5.14. The Morgan fingerprint density at radius 3 is 2.52 bits per heavy atom. The van der Waals surface area contributed by atoms with Crippen molar-refractivity contribution in [2.24, 2.45) is 0 Å². The van der Waals surface area contributed by atoms with E-state index >= 15 is 0 Å². The van der Waals surface area contributed by atoms with Crippen LogP contribution in [0.2, 0.25) is 5.02 Å². The van der Waals surface area contributed by atoms with Gasteiger partial charge in [0.05, 0.1) is 5.39 Å². The van der Waals surface area contributed by atoms with Crippen LogP contribution in [0, 0.1) is 5.82 Å². The zero-order chi connectivity index (χ0) is 15.0. The van der Waals surface area contributed by atoms with Crippen molar-refractivity contribution in [1.82, 2.24) is 0 Å². The second-order valence-electron chi connectivity index (χ2n) is 4.46. The van der Waals surface area contributed by atoms with E-state index < -0.39 is 17.0 Å². The molecular formula is C16H8ClFO3. The van der Waals surface area contributed by atoms with Gasteiger partial charge in [-0.2, -0.15) is 0 Å². The molecule has 1 heterocycles. The summed E-state index contributed by atoms with van der Waals surface area (Å²) in [6.45, 7) is 0. The number of benzene rings is 2. The minimum Gasteiger partial charge on any atom is -0.463 e. The van der Waals surface area contributed by atoms with Crippen molar-refractivity contribution in [2.75, 3.05) is 0 Å². The Balaban J connectivity index is 2.16. The molecule has 0 radical (unpaired) electrons. The topological polar surface area (TPSA) is 47.3 Å². The zero-order valence-electron chi connectivity index (χ0n) is 10.6. The summed E-state index contributed by atoms with van der Waals surface area (Å²) in [5.41, 5.74) is -0.0189. The van der Waals surface area contributed by atoms with Crippen molar-refractivity contribution in [3.63, 3.8) is 0 Å². The van der Waals surface area contributed by atoms with E-state index in [0.29, 0.717) is 10.6 Å². The molecular weight excluding hydrogens is 295 g/mol. The lowest BCUT2D eigenvalue weighted by molar-refractivity contribution is 0.103. The average molecular weight is 303 g/mol. The molecule has 2 aromatic carbocycles. The fourth-order valence-corrected chi connectivity index (χ4v) is 2.19. The number of halogens is 2. The Labute approximate surface area is 123 Å². The van der Waals surface area contributed by atoms with Crippen LogP contribution in [0.1, 0.15) is 15.9 Å². The molecule has 0 atom stereocenters. The fourth-order valence-electron chi connectivity index (χ4n) is 2.02. The third-order valence-corrected chi connectivity index (χ3v) is 3.32. The first-order chi connectivity index (χ1) is 10.1. The Morgan fingerprint density at radius 2 is 1.81 bits per heavy atom. The van der Waals surface area contributed by atoms with E-state index in [1.54, 1.807) is 12.1 Å². The predicted octanol–water partition coefficient (Wildman–Crippen LogP) is 3.82. The van der Waals surface area contributed by atoms with E-state index in [1.165, 1.54) is 18.2 Å². The molecule has 0 saturated carbocycles. The molecule has 0 N–H and O–H groups in total. The van der Waals surface area contributed by atoms with Crippen molar-refractivity contribution in [3.8, 4) is 0 Å². The van der Waals surface area contributed by atoms with Crippen LogP contribution in [0.15, 0.2) is 57.9 Å². The lowest BCUT2D eigenvalue weighted by atomic mass is 10.0. The van der Waals surface area contributed by atoms with Crippen LogP contribution in [0.4, 0.5) is 4.39 Å². The van der Waals surface area contributed by atoms with E-state index in [2.05, 4.69) is 0 Å². The molecule has 0 unspecified atom stereocenters. The second-order valence-corrected chi connectivity index (χ2v) is 4.89. The number of rotatable bonds is 2. The van der Waals surface area contributed by atoms with E-state index in [0.717, 1.165) is 18.4 Å². The third kappa shape index (κ3) is 2.45. The highest BCUT2D eigenvalue weighted by molar-refractivity contribution is 6.31. The lowest BCUT2D eigenvalue weighted by Crippen LogP contribution is -2.15. The van der Waals surface area contributed by atoms with Crippen molar-refractivity contribution >= 4 is 28.4 Å². The van der Waals surface area contributed by atoms with Crippen LogP contribution in [-0.4, -0.2) is 5.78 Å². The van der Waals surface area contributed by atoms with E-state index in [1.807, 2.05) is 0 Å². The number of hydrogen-bond acceptors (Lipinski definition) is 3. The maximum absolute atomic E-state index is 12.9. The first-order valence-electron chi connectivity index (χ1n) is 6.07. The quantitative estimate of drug-likeness (QED) is 0.676. The summed E-state index contributed by atoms with van der Waals surface area (Å²) >= 11 is 5.85. The summed E-state index contributed by atoms with van der Waals surface area (Å²) in [5.74, 6) is -0.977. The van der Waals surface area contributed by atoms with Crippen LogP contribution >= 0.6 is 11.6 Å². The minimum absolute atomic E-state index is 0.114. The predicted molar refractivity (Wildman–Crippen MR) is 77.3 cm³/mol. The standard InChI is InChI=1S/C16H8ClFO3/c17-10-3-6-14-12(7-10)16(20)13(8-21-14)15(19)9-1-4-11(18)5-2-9/h1-8H. The van der Waals surface area contributed by atoms with Gasteiger partial charge in [-0.1, -0.05) is 11.6 Å². The van der Waals surface area contributed by atoms with E-state index in [9.17, 15) is 14.0 Å². The Morgan fingerprint density at radius 1 is 1.10 bits per heavy atom. The van der Waals surface area contributed by atoms with Crippen LogP contribution in [-0.2, 0) is 0 Å². The number of fused-ring (bicyclic) bond motifs is 1. The Hall–Kier alpha value is -2.46. The molecule has 0 aliphatic heterocycles. The van der Waals surface area contributed by atoms with Gasteiger partial charge >= 0.3 is 0 Å². The van der Waals surface area contributed by atoms with E-state index in [-0.39, 0.29) is 16.5 Å². The van der Waals surface area contributed by atoms with Gasteiger partial charge in [0, 0.05) is 10.6 Å². The highest BCUT2D eigenvalue weighted by Gasteiger charge is 2.16. The molecule has 0 amide bonds. The average Bonchev–Trinajstić information content (AvgIpc) is 2.48. The first-order valence-corrected chi connectivity index (χ1v) is 6.45. The van der Waals surface area contributed by atoms with Gasteiger partial charge in [-0.05, 0) is 42.5 Å². The maximum atomic E-state index is 12.9. The van der Waals surface area contributed by atoms with Crippen LogP contribution < -0.4 is 5.43 Å². The van der Waals surface area contributed by atoms with Gasteiger partial charge in [0.15, 0.2) is 5.78 Å².